The number of benzene rings is 1. The number of hydrogen-bond acceptors (Lipinski definition) is 5. The lowest BCUT2D eigenvalue weighted by molar-refractivity contribution is 0.0573. The Morgan fingerprint density at radius 2 is 1.87 bits per heavy atom. The van der Waals surface area contributed by atoms with Gasteiger partial charge in [0, 0.05) is 26.1 Å². The average Bonchev–Trinajstić information content (AvgIpc) is 2.49. The first-order valence-corrected chi connectivity index (χ1v) is 7.74. The Kier molecular flexibility index (Phi) is 7.54. The molecule has 0 aliphatic rings. The zero-order chi connectivity index (χ0) is 17.3. The van der Waals surface area contributed by atoms with Crippen LogP contribution in [0.25, 0.3) is 0 Å². The molecule has 0 saturated heterocycles. The Labute approximate surface area is 138 Å². The fourth-order valence-corrected chi connectivity index (χ4v) is 2.28. The normalized spacial score (nSPS) is 12.5. The lowest BCUT2D eigenvalue weighted by atomic mass is 9.96. The summed E-state index contributed by atoms with van der Waals surface area (Å²) in [7, 11) is 0. The molecule has 0 heterocycles. The Bertz CT molecular complexity index is 550. The van der Waals surface area contributed by atoms with Crippen LogP contribution in [0.3, 0.4) is 0 Å². The molecule has 0 bridgehead atoms. The van der Waals surface area contributed by atoms with Crippen LogP contribution in [0.5, 0.6) is 5.75 Å². The maximum absolute atomic E-state index is 10.2. The molecular weight excluding hydrogens is 290 g/mol. The van der Waals surface area contributed by atoms with Crippen molar-refractivity contribution in [2.75, 3.05) is 26.2 Å². The molecule has 124 valence electrons. The second kappa shape index (κ2) is 9.15. The third kappa shape index (κ3) is 8.21. The van der Waals surface area contributed by atoms with Crippen LogP contribution in [-0.2, 0) is 0 Å². The van der Waals surface area contributed by atoms with Crippen LogP contribution in [0.4, 0.5) is 0 Å². The molecule has 1 aromatic rings. The van der Waals surface area contributed by atoms with Crippen LogP contribution < -0.4 is 4.74 Å². The highest BCUT2D eigenvalue weighted by molar-refractivity contribution is 5.34. The fraction of sp³-hybridized carbons (Fsp3) is 0.556. The van der Waals surface area contributed by atoms with E-state index in [1.807, 2.05) is 6.07 Å². The van der Waals surface area contributed by atoms with Gasteiger partial charge in [-0.05, 0) is 29.7 Å². The number of nitrogens with zero attached hydrogens (tertiary/aromatic N) is 3. The highest BCUT2D eigenvalue weighted by Gasteiger charge is 2.19. The summed E-state index contributed by atoms with van der Waals surface area (Å²) < 4.78 is 5.55. The summed E-state index contributed by atoms with van der Waals surface area (Å²) in [6.45, 7) is 8.49. The van der Waals surface area contributed by atoms with Crippen LogP contribution in [-0.4, -0.2) is 42.4 Å². The van der Waals surface area contributed by atoms with Gasteiger partial charge in [-0.2, -0.15) is 10.5 Å². The van der Waals surface area contributed by atoms with Crippen molar-refractivity contribution in [3.8, 4) is 17.9 Å². The summed E-state index contributed by atoms with van der Waals surface area (Å²) in [6.07, 6.45) is -0.189. The molecule has 5 heteroatoms. The SMILES string of the molecule is CC(C)(C)CN(CCC#N)C[C@H](O)COc1ccc(C#N)cc1. The molecule has 23 heavy (non-hydrogen) atoms. The van der Waals surface area contributed by atoms with E-state index in [1.165, 1.54) is 0 Å². The van der Waals surface area contributed by atoms with Crippen LogP contribution in [0.2, 0.25) is 0 Å². The predicted octanol–water partition coefficient (Wildman–Crippen LogP) is 2.56. The molecule has 1 atom stereocenters. The summed E-state index contributed by atoms with van der Waals surface area (Å²) in [6, 6.07) is 11.0. The first-order valence-electron chi connectivity index (χ1n) is 7.74. The highest BCUT2D eigenvalue weighted by Crippen LogP contribution is 2.16. The highest BCUT2D eigenvalue weighted by atomic mass is 16.5. The Morgan fingerprint density at radius 1 is 1.22 bits per heavy atom. The molecule has 0 saturated carbocycles. The number of rotatable bonds is 8. The van der Waals surface area contributed by atoms with E-state index in [0.717, 1.165) is 6.54 Å². The lowest BCUT2D eigenvalue weighted by Crippen LogP contribution is -2.40. The van der Waals surface area contributed by atoms with Crippen molar-refractivity contribution in [2.45, 2.75) is 33.3 Å². The van der Waals surface area contributed by atoms with Crippen molar-refractivity contribution in [3.05, 3.63) is 29.8 Å². The minimum Gasteiger partial charge on any atom is -0.491 e. The maximum atomic E-state index is 10.2. The summed E-state index contributed by atoms with van der Waals surface area (Å²) >= 11 is 0. The van der Waals surface area contributed by atoms with Crippen molar-refractivity contribution < 1.29 is 9.84 Å². The predicted molar refractivity (Wildman–Crippen MR) is 88.8 cm³/mol. The third-order valence-corrected chi connectivity index (χ3v) is 3.13. The molecule has 0 amide bonds. The van der Waals surface area contributed by atoms with E-state index in [1.54, 1.807) is 24.3 Å². The molecule has 5 nitrogen and oxygen atoms in total. The van der Waals surface area contributed by atoms with E-state index < -0.39 is 6.10 Å². The maximum Gasteiger partial charge on any atom is 0.119 e. The van der Waals surface area contributed by atoms with Gasteiger partial charge in [0.25, 0.3) is 0 Å². The Balaban J connectivity index is 2.49. The summed E-state index contributed by atoms with van der Waals surface area (Å²) in [5, 5.41) is 27.7. The van der Waals surface area contributed by atoms with Gasteiger partial charge in [-0.3, -0.25) is 4.90 Å². The van der Waals surface area contributed by atoms with Crippen molar-refractivity contribution >= 4 is 0 Å². The largest absolute Gasteiger partial charge is 0.491 e. The van der Waals surface area contributed by atoms with Crippen LogP contribution >= 0.6 is 0 Å². The van der Waals surface area contributed by atoms with E-state index in [0.29, 0.717) is 30.8 Å². The van der Waals surface area contributed by atoms with Gasteiger partial charge in [-0.1, -0.05) is 20.8 Å². The summed E-state index contributed by atoms with van der Waals surface area (Å²) in [5.74, 6) is 0.627. The van der Waals surface area contributed by atoms with E-state index >= 15 is 0 Å². The average molecular weight is 315 g/mol. The number of aliphatic hydroxyl groups excluding tert-OH is 1. The molecule has 1 rings (SSSR count). The van der Waals surface area contributed by atoms with E-state index in [9.17, 15) is 5.11 Å². The zero-order valence-corrected chi connectivity index (χ0v) is 14.1. The molecule has 1 N–H and O–H groups in total. The number of nitriles is 2. The minimum absolute atomic E-state index is 0.100. The molecule has 0 aliphatic heterocycles. The first-order chi connectivity index (χ1) is 10.8. The van der Waals surface area contributed by atoms with Gasteiger partial charge in [0.15, 0.2) is 0 Å². The fourth-order valence-electron chi connectivity index (χ4n) is 2.28. The van der Waals surface area contributed by atoms with Gasteiger partial charge in [0.05, 0.1) is 17.7 Å². The summed E-state index contributed by atoms with van der Waals surface area (Å²) in [5.41, 5.74) is 0.675. The van der Waals surface area contributed by atoms with Gasteiger partial charge in [-0.15, -0.1) is 0 Å². The number of hydrogen-bond donors (Lipinski definition) is 1. The van der Waals surface area contributed by atoms with Gasteiger partial charge >= 0.3 is 0 Å². The minimum atomic E-state index is -0.633. The van der Waals surface area contributed by atoms with Gasteiger partial charge < -0.3 is 9.84 Å². The quantitative estimate of drug-likeness (QED) is 0.797. The second-order valence-electron chi connectivity index (χ2n) is 6.80. The topological polar surface area (TPSA) is 80.3 Å². The van der Waals surface area contributed by atoms with E-state index in [2.05, 4.69) is 31.7 Å². The third-order valence-electron chi connectivity index (χ3n) is 3.13. The zero-order valence-electron chi connectivity index (χ0n) is 14.1. The van der Waals surface area contributed by atoms with Crippen molar-refractivity contribution in [1.82, 2.24) is 4.90 Å². The molecule has 0 aliphatic carbocycles. The monoisotopic (exact) mass is 315 g/mol. The van der Waals surface area contributed by atoms with Gasteiger partial charge in [0.2, 0.25) is 0 Å². The lowest BCUT2D eigenvalue weighted by Gasteiger charge is -2.30. The number of ether oxygens (including phenoxy) is 1. The van der Waals surface area contributed by atoms with Crippen molar-refractivity contribution in [3.63, 3.8) is 0 Å². The molecule has 0 unspecified atom stereocenters. The first kappa shape index (κ1) is 19.0. The molecule has 0 fully saturated rings. The van der Waals surface area contributed by atoms with Crippen molar-refractivity contribution in [1.29, 1.82) is 10.5 Å². The van der Waals surface area contributed by atoms with Crippen LogP contribution in [0.15, 0.2) is 24.3 Å². The molecule has 0 aromatic heterocycles. The van der Waals surface area contributed by atoms with E-state index in [4.69, 9.17) is 15.3 Å². The van der Waals surface area contributed by atoms with Crippen LogP contribution in [0, 0.1) is 28.1 Å². The van der Waals surface area contributed by atoms with Gasteiger partial charge in [0.1, 0.15) is 18.5 Å². The molecule has 0 spiro atoms. The molecule has 0 radical (unpaired) electrons. The Hall–Kier alpha value is -2.08. The standard InChI is InChI=1S/C18H25N3O2/c1-18(2,3)14-21(10-4-9-19)12-16(22)13-23-17-7-5-15(11-20)6-8-17/h5-8,16,22H,4,10,12-14H2,1-3H3/t16-/m0/s1. The smallest absolute Gasteiger partial charge is 0.119 e. The van der Waals surface area contributed by atoms with Gasteiger partial charge in [-0.25, -0.2) is 0 Å². The second-order valence-corrected chi connectivity index (χ2v) is 6.80. The molecule has 1 aromatic carbocycles. The van der Waals surface area contributed by atoms with Crippen molar-refractivity contribution in [2.24, 2.45) is 5.41 Å². The molecular formula is C18H25N3O2. The van der Waals surface area contributed by atoms with E-state index in [-0.39, 0.29) is 12.0 Å². The summed E-state index contributed by atoms with van der Waals surface area (Å²) in [4.78, 5) is 2.09. The van der Waals surface area contributed by atoms with Crippen LogP contribution in [0.1, 0.15) is 32.8 Å². The number of aliphatic hydroxyl groups is 1. The Morgan fingerprint density at radius 3 is 2.39 bits per heavy atom.